The predicted molar refractivity (Wildman–Crippen MR) is 61.6 cm³/mol. The molecule has 1 aromatic heterocycles. The molecule has 0 unspecified atom stereocenters. The van der Waals surface area contributed by atoms with Gasteiger partial charge in [0.1, 0.15) is 6.04 Å². The Morgan fingerprint density at radius 2 is 2.22 bits per heavy atom. The van der Waals surface area contributed by atoms with Gasteiger partial charge in [0.15, 0.2) is 0 Å². The number of hydrogen-bond acceptors (Lipinski definition) is 4. The molecule has 18 heavy (non-hydrogen) atoms. The zero-order chi connectivity index (χ0) is 13.0. The lowest BCUT2D eigenvalue weighted by Gasteiger charge is -2.33. The topological polar surface area (TPSA) is 88.3 Å². The van der Waals surface area contributed by atoms with Gasteiger partial charge in [0.2, 0.25) is 5.91 Å². The Balaban J connectivity index is 1.92. The Morgan fingerprint density at radius 1 is 1.39 bits per heavy atom. The van der Waals surface area contributed by atoms with E-state index < -0.39 is 12.0 Å². The summed E-state index contributed by atoms with van der Waals surface area (Å²) >= 11 is 0. The zero-order valence-corrected chi connectivity index (χ0v) is 10.0. The standard InChI is InChI=1S/C11H16N4O3/c16-10(4-7-14-8-5-12-13-14)15-6-2-1-3-9(15)11(17)18/h5,8-9H,1-4,6-7H2,(H,17,18)/t9-/m1/s1. The molecule has 0 spiro atoms. The van der Waals surface area contributed by atoms with Crippen LogP contribution in [0.15, 0.2) is 12.4 Å². The van der Waals surface area contributed by atoms with Crippen LogP contribution in [0.5, 0.6) is 0 Å². The maximum atomic E-state index is 12.0. The van der Waals surface area contributed by atoms with Crippen LogP contribution >= 0.6 is 0 Å². The molecule has 7 heteroatoms. The maximum absolute atomic E-state index is 12.0. The van der Waals surface area contributed by atoms with Crippen molar-refractivity contribution in [3.05, 3.63) is 12.4 Å². The van der Waals surface area contributed by atoms with Crippen molar-refractivity contribution in [1.29, 1.82) is 0 Å². The number of likely N-dealkylation sites (tertiary alicyclic amines) is 1. The fourth-order valence-electron chi connectivity index (χ4n) is 2.19. The number of carbonyl (C=O) groups excluding carboxylic acids is 1. The highest BCUT2D eigenvalue weighted by Gasteiger charge is 2.31. The number of hydrogen-bond donors (Lipinski definition) is 1. The third-order valence-electron chi connectivity index (χ3n) is 3.13. The second-order valence-corrected chi connectivity index (χ2v) is 4.35. The van der Waals surface area contributed by atoms with Gasteiger partial charge in [-0.15, -0.1) is 5.10 Å². The van der Waals surface area contributed by atoms with Crippen molar-refractivity contribution in [3.8, 4) is 0 Å². The molecule has 1 aliphatic rings. The molecule has 98 valence electrons. The highest BCUT2D eigenvalue weighted by atomic mass is 16.4. The van der Waals surface area contributed by atoms with Crippen molar-refractivity contribution in [2.24, 2.45) is 0 Å². The summed E-state index contributed by atoms with van der Waals surface area (Å²) in [5.74, 6) is -1.04. The SMILES string of the molecule is O=C(O)[C@H]1CCCCN1C(=O)CCn1ccnn1. The monoisotopic (exact) mass is 252 g/mol. The molecule has 1 atom stereocenters. The van der Waals surface area contributed by atoms with Gasteiger partial charge in [0.05, 0.1) is 12.7 Å². The molecule has 0 bridgehead atoms. The van der Waals surface area contributed by atoms with E-state index in [0.717, 1.165) is 12.8 Å². The minimum absolute atomic E-state index is 0.127. The van der Waals surface area contributed by atoms with Crippen molar-refractivity contribution in [2.45, 2.75) is 38.3 Å². The molecule has 0 saturated carbocycles. The van der Waals surface area contributed by atoms with Gasteiger partial charge in [-0.25, -0.2) is 4.79 Å². The Kier molecular flexibility index (Phi) is 3.91. The van der Waals surface area contributed by atoms with Crippen molar-refractivity contribution in [3.63, 3.8) is 0 Å². The lowest BCUT2D eigenvalue weighted by Crippen LogP contribution is -2.48. The lowest BCUT2D eigenvalue weighted by molar-refractivity contribution is -0.152. The summed E-state index contributed by atoms with van der Waals surface area (Å²) in [5, 5.41) is 16.5. The Labute approximate surface area is 104 Å². The van der Waals surface area contributed by atoms with Crippen molar-refractivity contribution in [1.82, 2.24) is 19.9 Å². The third kappa shape index (κ3) is 2.85. The molecule has 0 aliphatic carbocycles. The molecule has 1 amide bonds. The van der Waals surface area contributed by atoms with E-state index in [1.165, 1.54) is 4.90 Å². The normalized spacial score (nSPS) is 19.8. The van der Waals surface area contributed by atoms with Crippen LogP contribution in [-0.4, -0.2) is 49.5 Å². The summed E-state index contributed by atoms with van der Waals surface area (Å²) in [5.41, 5.74) is 0. The van der Waals surface area contributed by atoms with Crippen molar-refractivity contribution in [2.75, 3.05) is 6.54 Å². The molecular weight excluding hydrogens is 236 g/mol. The van der Waals surface area contributed by atoms with Gasteiger partial charge in [-0.05, 0) is 19.3 Å². The van der Waals surface area contributed by atoms with E-state index in [9.17, 15) is 9.59 Å². The largest absolute Gasteiger partial charge is 0.480 e. The number of amides is 1. The molecule has 1 aromatic rings. The van der Waals surface area contributed by atoms with Gasteiger partial charge in [-0.2, -0.15) is 0 Å². The first-order valence-corrected chi connectivity index (χ1v) is 6.05. The van der Waals surface area contributed by atoms with Crippen molar-refractivity contribution >= 4 is 11.9 Å². The van der Waals surface area contributed by atoms with E-state index in [1.807, 2.05) is 0 Å². The minimum atomic E-state index is -0.913. The lowest BCUT2D eigenvalue weighted by atomic mass is 10.0. The molecule has 2 heterocycles. The molecule has 0 radical (unpaired) electrons. The van der Waals surface area contributed by atoms with Crippen LogP contribution in [-0.2, 0) is 16.1 Å². The summed E-state index contributed by atoms with van der Waals surface area (Å²) in [6.07, 6.45) is 5.77. The number of piperidine rings is 1. The molecule has 1 fully saturated rings. The highest BCUT2D eigenvalue weighted by molar-refractivity contribution is 5.83. The smallest absolute Gasteiger partial charge is 0.326 e. The van der Waals surface area contributed by atoms with E-state index in [4.69, 9.17) is 5.11 Å². The number of rotatable bonds is 4. The zero-order valence-electron chi connectivity index (χ0n) is 10.0. The fourth-order valence-corrected chi connectivity index (χ4v) is 2.19. The summed E-state index contributed by atoms with van der Waals surface area (Å²) in [6.45, 7) is 0.967. The highest BCUT2D eigenvalue weighted by Crippen LogP contribution is 2.18. The average molecular weight is 252 g/mol. The molecule has 1 aliphatic heterocycles. The number of aromatic nitrogens is 3. The number of nitrogens with zero attached hydrogens (tertiary/aromatic N) is 4. The summed E-state index contributed by atoms with van der Waals surface area (Å²) < 4.78 is 1.57. The third-order valence-corrected chi connectivity index (χ3v) is 3.13. The first-order valence-electron chi connectivity index (χ1n) is 6.05. The molecule has 0 aromatic carbocycles. The van der Waals surface area contributed by atoms with Gasteiger partial charge in [0, 0.05) is 19.2 Å². The number of carbonyl (C=O) groups is 2. The van der Waals surface area contributed by atoms with E-state index in [2.05, 4.69) is 10.3 Å². The van der Waals surface area contributed by atoms with Crippen LogP contribution in [0, 0.1) is 0 Å². The van der Waals surface area contributed by atoms with E-state index in [-0.39, 0.29) is 12.3 Å². The maximum Gasteiger partial charge on any atom is 0.326 e. The second kappa shape index (κ2) is 5.61. The van der Waals surface area contributed by atoms with Crippen LogP contribution in [0.25, 0.3) is 0 Å². The van der Waals surface area contributed by atoms with Gasteiger partial charge < -0.3 is 10.0 Å². The molecule has 7 nitrogen and oxygen atoms in total. The van der Waals surface area contributed by atoms with E-state index in [0.29, 0.717) is 19.5 Å². The van der Waals surface area contributed by atoms with Crippen molar-refractivity contribution < 1.29 is 14.7 Å². The first kappa shape index (κ1) is 12.5. The van der Waals surface area contributed by atoms with Gasteiger partial charge >= 0.3 is 5.97 Å². The van der Waals surface area contributed by atoms with E-state index in [1.54, 1.807) is 17.1 Å². The number of carboxylic acids is 1. The molecule has 2 rings (SSSR count). The minimum Gasteiger partial charge on any atom is -0.480 e. The average Bonchev–Trinajstić information content (AvgIpc) is 2.89. The number of aliphatic carboxylic acids is 1. The fraction of sp³-hybridized carbons (Fsp3) is 0.636. The van der Waals surface area contributed by atoms with Gasteiger partial charge in [-0.3, -0.25) is 9.48 Å². The van der Waals surface area contributed by atoms with Crippen LogP contribution in [0.2, 0.25) is 0 Å². The van der Waals surface area contributed by atoms with Crippen LogP contribution < -0.4 is 0 Å². The Bertz CT molecular complexity index is 418. The Hall–Kier alpha value is -1.92. The summed E-state index contributed by atoms with van der Waals surface area (Å²) in [7, 11) is 0. The van der Waals surface area contributed by atoms with E-state index >= 15 is 0 Å². The van der Waals surface area contributed by atoms with Gasteiger partial charge in [0.25, 0.3) is 0 Å². The summed E-state index contributed by atoms with van der Waals surface area (Å²) in [4.78, 5) is 24.6. The Morgan fingerprint density at radius 3 is 2.89 bits per heavy atom. The molecular formula is C11H16N4O3. The quantitative estimate of drug-likeness (QED) is 0.823. The predicted octanol–water partition coefficient (Wildman–Crippen LogP) is 0.134. The summed E-state index contributed by atoms with van der Waals surface area (Å²) in [6, 6.07) is -0.665. The number of aryl methyl sites for hydroxylation is 1. The van der Waals surface area contributed by atoms with Gasteiger partial charge in [-0.1, -0.05) is 5.21 Å². The molecule has 1 N–H and O–H groups in total. The van der Waals surface area contributed by atoms with Crippen LogP contribution in [0.4, 0.5) is 0 Å². The first-order chi connectivity index (χ1) is 8.68. The molecule has 1 saturated heterocycles. The van der Waals surface area contributed by atoms with Crippen LogP contribution in [0.3, 0.4) is 0 Å². The second-order valence-electron chi connectivity index (χ2n) is 4.35. The van der Waals surface area contributed by atoms with Crippen LogP contribution in [0.1, 0.15) is 25.7 Å². The number of carboxylic acid groups (broad SMARTS) is 1.